The van der Waals surface area contributed by atoms with Gasteiger partial charge in [0.05, 0.1) is 48.8 Å². The highest BCUT2D eigenvalue weighted by Crippen LogP contribution is 2.30. The summed E-state index contributed by atoms with van der Waals surface area (Å²) in [5.41, 5.74) is 6.79. The van der Waals surface area contributed by atoms with E-state index in [1.807, 2.05) is 32.0 Å². The van der Waals surface area contributed by atoms with Crippen molar-refractivity contribution in [3.63, 3.8) is 0 Å². The van der Waals surface area contributed by atoms with E-state index in [0.717, 1.165) is 0 Å². The molecular weight excluding hydrogens is 1080 g/mol. The number of hydrogen-bond acceptors (Lipinski definition) is 13. The Morgan fingerprint density at radius 2 is 1.37 bits per heavy atom. The summed E-state index contributed by atoms with van der Waals surface area (Å²) >= 11 is 0. The quantitative estimate of drug-likeness (QED) is 0.0437. The van der Waals surface area contributed by atoms with Gasteiger partial charge >= 0.3 is 12.1 Å². The monoisotopic (exact) mass is 1180 g/mol. The number of likely N-dealkylation sites (tertiary alicyclic amines) is 1. The van der Waals surface area contributed by atoms with Gasteiger partial charge in [-0.3, -0.25) is 38.5 Å². The molecule has 0 spiro atoms. The number of benzene rings is 2. The van der Waals surface area contributed by atoms with E-state index in [4.69, 9.17) is 19.9 Å². The number of amides is 10. The van der Waals surface area contributed by atoms with Crippen molar-refractivity contribution in [1.82, 2.24) is 41.3 Å². The number of carbonyl (C=O) groups is 9. The lowest BCUT2D eigenvalue weighted by Crippen LogP contribution is -2.60. The smallest absolute Gasteiger partial charge is 0.410 e. The van der Waals surface area contributed by atoms with Crippen molar-refractivity contribution < 1.29 is 62.5 Å². The molecule has 1 heterocycles. The normalized spacial score (nSPS) is 17.2. The first-order valence-electron chi connectivity index (χ1n) is 29.5. The van der Waals surface area contributed by atoms with E-state index in [0.29, 0.717) is 49.0 Å². The number of likely N-dealkylation sites (N-methyl/N-ethyl adjacent to an activating group) is 2. The van der Waals surface area contributed by atoms with Crippen LogP contribution in [-0.2, 0) is 54.4 Å². The molecule has 84 heavy (non-hydrogen) atoms. The van der Waals surface area contributed by atoms with E-state index >= 15 is 0 Å². The molecule has 12 unspecified atom stereocenters. The number of hydrogen-bond donors (Lipinski definition) is 8. The van der Waals surface area contributed by atoms with Gasteiger partial charge in [0.25, 0.3) is 0 Å². The Balaban J connectivity index is 1.71. The third-order valence-electron chi connectivity index (χ3n) is 15.9. The largest absolute Gasteiger partial charge is 0.445 e. The van der Waals surface area contributed by atoms with Gasteiger partial charge in [-0.05, 0) is 79.5 Å². The molecule has 12 atom stereocenters. The van der Waals surface area contributed by atoms with Crippen LogP contribution < -0.4 is 37.6 Å². The summed E-state index contributed by atoms with van der Waals surface area (Å²) < 4.78 is 17.7. The number of nitrogens with two attached hydrogens (primary N) is 1. The van der Waals surface area contributed by atoms with Crippen LogP contribution in [0, 0.1) is 29.6 Å². The van der Waals surface area contributed by atoms with Crippen LogP contribution in [-0.4, -0.2) is 169 Å². The predicted octanol–water partition coefficient (Wildman–Crippen LogP) is 5.00. The molecule has 10 amide bonds. The molecule has 470 valence electrons. The lowest BCUT2D eigenvalue weighted by molar-refractivity contribution is -0.148. The maximum absolute atomic E-state index is 14.8. The summed E-state index contributed by atoms with van der Waals surface area (Å²) in [6.07, 6.45) is -0.720. The molecule has 1 aliphatic rings. The summed E-state index contributed by atoms with van der Waals surface area (Å²) in [5, 5.41) is 27.5. The van der Waals surface area contributed by atoms with E-state index in [-0.39, 0.29) is 62.0 Å². The molecule has 0 aliphatic carbocycles. The van der Waals surface area contributed by atoms with Gasteiger partial charge < -0.3 is 66.8 Å². The van der Waals surface area contributed by atoms with Crippen molar-refractivity contribution in [2.24, 2.45) is 35.3 Å². The van der Waals surface area contributed by atoms with Gasteiger partial charge in [-0.1, -0.05) is 118 Å². The number of rotatable bonds is 33. The first-order chi connectivity index (χ1) is 39.6. The Labute approximate surface area is 497 Å². The van der Waals surface area contributed by atoms with Crippen molar-refractivity contribution in [1.29, 1.82) is 0 Å². The maximum atomic E-state index is 14.8. The Hall–Kier alpha value is -6.85. The molecular formula is C61H98N10O13. The molecule has 1 saturated heterocycles. The number of ether oxygens (including phenoxy) is 3. The van der Waals surface area contributed by atoms with Gasteiger partial charge in [0.1, 0.15) is 30.8 Å². The second-order valence-corrected chi connectivity index (χ2v) is 23.2. The highest BCUT2D eigenvalue weighted by Gasteiger charge is 2.44. The zero-order valence-corrected chi connectivity index (χ0v) is 52.2. The van der Waals surface area contributed by atoms with E-state index in [1.165, 1.54) is 26.2 Å². The molecule has 0 bridgehead atoms. The number of anilines is 1. The van der Waals surface area contributed by atoms with Crippen molar-refractivity contribution in [2.45, 2.75) is 188 Å². The average molecular weight is 1180 g/mol. The molecule has 23 heteroatoms. The summed E-state index contributed by atoms with van der Waals surface area (Å²) in [6.45, 7) is 20.2. The molecule has 2 aromatic rings. The van der Waals surface area contributed by atoms with Crippen LogP contribution in [0.1, 0.15) is 138 Å². The van der Waals surface area contributed by atoms with Crippen molar-refractivity contribution in [2.75, 3.05) is 46.7 Å². The second kappa shape index (κ2) is 34.8. The fourth-order valence-electron chi connectivity index (χ4n) is 10.7. The number of carbonyl (C=O) groups excluding carboxylic acids is 9. The van der Waals surface area contributed by atoms with Crippen molar-refractivity contribution in [3.8, 4) is 0 Å². The first kappa shape index (κ1) is 71.4. The Kier molecular flexibility index (Phi) is 29.6. The zero-order chi connectivity index (χ0) is 63.1. The Morgan fingerprint density at radius 3 is 1.92 bits per heavy atom. The lowest BCUT2D eigenvalue weighted by atomic mass is 9.89. The van der Waals surface area contributed by atoms with Gasteiger partial charge in [-0.15, -0.1) is 0 Å². The number of aliphatic hydroxyl groups is 1. The minimum atomic E-state index is -1.06. The summed E-state index contributed by atoms with van der Waals surface area (Å²) in [4.78, 5) is 126. The molecule has 2 aromatic carbocycles. The van der Waals surface area contributed by atoms with Gasteiger partial charge in [-0.2, -0.15) is 0 Å². The van der Waals surface area contributed by atoms with Crippen LogP contribution in [0.4, 0.5) is 15.3 Å². The van der Waals surface area contributed by atoms with Gasteiger partial charge in [0.15, 0.2) is 0 Å². The van der Waals surface area contributed by atoms with E-state index in [9.17, 15) is 48.3 Å². The molecule has 1 aliphatic heterocycles. The van der Waals surface area contributed by atoms with Crippen LogP contribution in [0.2, 0.25) is 0 Å². The Bertz CT molecular complexity index is 2460. The second-order valence-electron chi connectivity index (χ2n) is 23.2. The molecule has 0 saturated carbocycles. The number of nitrogens with one attached hydrogen (secondary N) is 6. The van der Waals surface area contributed by atoms with E-state index < -0.39 is 114 Å². The number of urea groups is 1. The van der Waals surface area contributed by atoms with E-state index in [1.54, 1.807) is 116 Å². The first-order valence-corrected chi connectivity index (χ1v) is 29.5. The van der Waals surface area contributed by atoms with Crippen molar-refractivity contribution >= 4 is 59.2 Å². The third kappa shape index (κ3) is 20.7. The van der Waals surface area contributed by atoms with E-state index in [2.05, 4.69) is 31.9 Å². The van der Waals surface area contributed by atoms with Gasteiger partial charge in [0, 0.05) is 53.5 Å². The van der Waals surface area contributed by atoms with Crippen LogP contribution in [0.5, 0.6) is 0 Å². The Morgan fingerprint density at radius 1 is 0.738 bits per heavy atom. The molecule has 23 nitrogen and oxygen atoms in total. The lowest BCUT2D eigenvalue weighted by Gasteiger charge is -2.41. The summed E-state index contributed by atoms with van der Waals surface area (Å²) in [7, 11) is 6.10. The average Bonchev–Trinajstić information content (AvgIpc) is 3.96. The topological polar surface area (TPSA) is 309 Å². The molecule has 9 N–H and O–H groups in total. The predicted molar refractivity (Wildman–Crippen MR) is 319 cm³/mol. The molecule has 1 fully saturated rings. The number of aliphatic hydroxyl groups excluding tert-OH is 1. The van der Waals surface area contributed by atoms with Crippen LogP contribution in [0.15, 0.2) is 54.6 Å². The fraction of sp³-hybridized carbons (Fsp3) is 0.656. The van der Waals surface area contributed by atoms with Gasteiger partial charge in [0.2, 0.25) is 41.4 Å². The minimum Gasteiger partial charge on any atom is -0.445 e. The third-order valence-corrected chi connectivity index (χ3v) is 15.9. The van der Waals surface area contributed by atoms with Crippen LogP contribution in [0.3, 0.4) is 0 Å². The van der Waals surface area contributed by atoms with Crippen molar-refractivity contribution in [3.05, 3.63) is 65.7 Å². The van der Waals surface area contributed by atoms with Gasteiger partial charge in [-0.25, -0.2) is 9.59 Å². The standard InChI is InChI=1S/C61H98N10O13/c1-16-38(9)52(46(82-14)33-48(73)71-32-22-26-45(71)54(83-15)39(10)55(75)64-40(11)53(74)42-23-19-18-20-24-42)69(12)59(79)50(36(5)6)68-58(78)51(37(7)8)70(13)61(81)84-34-41-27-29-43(30-28-41)65-56(76)44(25-21-31-63-60(62)80)66-57(77)49(35(3)4)67-47(72)17-2/h18-20,23-24,27-30,35-40,44-46,49-54,74H,16-17,21-22,25-26,31-34H2,1-15H3,(H,64,75)(H,65,76)(H,66,77)(H,67,72)(H,68,78)(H3,62,63,80). The maximum Gasteiger partial charge on any atom is 0.410 e. The molecule has 0 radical (unpaired) electrons. The molecule has 0 aromatic heterocycles. The number of primary amides is 1. The number of nitrogens with zero attached hydrogens (tertiary/aromatic N) is 3. The zero-order valence-electron chi connectivity index (χ0n) is 52.2. The summed E-state index contributed by atoms with van der Waals surface area (Å²) in [5.74, 6) is -4.90. The highest BCUT2D eigenvalue weighted by molar-refractivity contribution is 5.98. The highest BCUT2D eigenvalue weighted by atomic mass is 16.6. The minimum absolute atomic E-state index is 0.0812. The number of methoxy groups -OCH3 is 2. The van der Waals surface area contributed by atoms with Crippen LogP contribution >= 0.6 is 0 Å². The SMILES string of the molecule is CCC(=O)NC(C(=O)NC(CCCNC(N)=O)C(=O)Nc1ccc(COC(=O)N(C)C(C(=O)NC(C(=O)N(C)C(C(C)CC)C(CC(=O)N2CCCC2C(OC)C(C)C(=O)NC(C)C(O)c2ccccc2)OC)C(C)C)C(C)C)cc1)C(C)C. The van der Waals surface area contributed by atoms with Crippen LogP contribution in [0.25, 0.3) is 0 Å². The fourth-order valence-corrected chi connectivity index (χ4v) is 10.7. The summed E-state index contributed by atoms with van der Waals surface area (Å²) in [6, 6.07) is 9.10. The molecule has 3 rings (SSSR count).